The first-order valence-corrected chi connectivity index (χ1v) is 9.18. The van der Waals surface area contributed by atoms with Crippen LogP contribution in [0.4, 0.5) is 0 Å². The van der Waals surface area contributed by atoms with Gasteiger partial charge in [-0.2, -0.15) is 0 Å². The van der Waals surface area contributed by atoms with Crippen molar-refractivity contribution in [1.82, 2.24) is 0 Å². The van der Waals surface area contributed by atoms with Crippen LogP contribution in [-0.4, -0.2) is 60.0 Å². The third kappa shape index (κ3) is 6.18. The zero-order valence-corrected chi connectivity index (χ0v) is 17.0. The standard InChI is InChI=1S/C20H24O10/c1-10(21)26-9-16-18(27-11(2)22)20(29-13(4)24)19(28-12(3)23)17(30-16)14-6-5-7-15(25)8-14/h5-8,16-20,25H,9H2,1-4H3/t16-,17-,18-,19-,20+/m1/s1. The van der Waals surface area contributed by atoms with Crippen LogP contribution in [0.1, 0.15) is 39.4 Å². The van der Waals surface area contributed by atoms with Gasteiger partial charge >= 0.3 is 23.9 Å². The Balaban J connectivity index is 2.53. The molecule has 10 nitrogen and oxygen atoms in total. The summed E-state index contributed by atoms with van der Waals surface area (Å²) in [6.07, 6.45) is -5.73. The van der Waals surface area contributed by atoms with Crippen LogP contribution in [0.2, 0.25) is 0 Å². The molecule has 1 heterocycles. The first kappa shape index (κ1) is 23.1. The Morgan fingerprint density at radius 3 is 1.97 bits per heavy atom. The molecule has 0 radical (unpaired) electrons. The number of ether oxygens (including phenoxy) is 5. The number of aromatic hydroxyl groups is 1. The molecule has 0 aromatic heterocycles. The van der Waals surface area contributed by atoms with E-state index in [4.69, 9.17) is 23.7 Å². The summed E-state index contributed by atoms with van der Waals surface area (Å²) in [4.78, 5) is 46.5. The van der Waals surface area contributed by atoms with Crippen molar-refractivity contribution in [1.29, 1.82) is 0 Å². The molecule has 0 bridgehead atoms. The molecule has 2 rings (SSSR count). The van der Waals surface area contributed by atoms with Gasteiger partial charge in [-0.3, -0.25) is 19.2 Å². The average Bonchev–Trinajstić information content (AvgIpc) is 2.62. The van der Waals surface area contributed by atoms with Crippen LogP contribution in [0.25, 0.3) is 0 Å². The fourth-order valence-corrected chi connectivity index (χ4v) is 3.20. The largest absolute Gasteiger partial charge is 0.508 e. The minimum atomic E-state index is -1.25. The van der Waals surface area contributed by atoms with E-state index in [0.29, 0.717) is 5.56 Å². The van der Waals surface area contributed by atoms with E-state index in [2.05, 4.69) is 0 Å². The average molecular weight is 424 g/mol. The highest BCUT2D eigenvalue weighted by molar-refractivity contribution is 5.68. The second-order valence-corrected chi connectivity index (χ2v) is 6.71. The number of phenols is 1. The van der Waals surface area contributed by atoms with Crippen molar-refractivity contribution >= 4 is 23.9 Å². The molecule has 0 saturated carbocycles. The zero-order valence-electron chi connectivity index (χ0n) is 17.0. The van der Waals surface area contributed by atoms with Crippen molar-refractivity contribution in [3.8, 4) is 5.75 Å². The highest BCUT2D eigenvalue weighted by Crippen LogP contribution is 2.38. The Morgan fingerprint density at radius 1 is 0.867 bits per heavy atom. The van der Waals surface area contributed by atoms with E-state index in [0.717, 1.165) is 20.8 Å². The number of hydrogen-bond donors (Lipinski definition) is 1. The number of carbonyl (C=O) groups is 4. The van der Waals surface area contributed by atoms with E-state index in [9.17, 15) is 24.3 Å². The number of rotatable bonds is 6. The van der Waals surface area contributed by atoms with Crippen LogP contribution in [0, 0.1) is 0 Å². The van der Waals surface area contributed by atoms with E-state index in [1.54, 1.807) is 12.1 Å². The highest BCUT2D eigenvalue weighted by Gasteiger charge is 2.52. The summed E-state index contributed by atoms with van der Waals surface area (Å²) in [5, 5.41) is 9.85. The summed E-state index contributed by atoms with van der Waals surface area (Å²) in [7, 11) is 0. The summed E-state index contributed by atoms with van der Waals surface area (Å²) in [5.74, 6) is -2.77. The summed E-state index contributed by atoms with van der Waals surface area (Å²) in [6, 6.07) is 6.00. The van der Waals surface area contributed by atoms with Crippen LogP contribution in [0.5, 0.6) is 5.75 Å². The lowest BCUT2D eigenvalue weighted by Crippen LogP contribution is -2.59. The van der Waals surface area contributed by atoms with E-state index in [-0.39, 0.29) is 12.4 Å². The molecule has 0 spiro atoms. The highest BCUT2D eigenvalue weighted by atomic mass is 16.7. The van der Waals surface area contributed by atoms with Gasteiger partial charge in [0.05, 0.1) is 0 Å². The molecule has 0 unspecified atom stereocenters. The number of phenolic OH excluding ortho intramolecular Hbond substituents is 1. The Morgan fingerprint density at radius 2 is 1.43 bits per heavy atom. The third-order valence-electron chi connectivity index (χ3n) is 4.19. The normalized spacial score (nSPS) is 25.7. The third-order valence-corrected chi connectivity index (χ3v) is 4.19. The maximum atomic E-state index is 11.8. The van der Waals surface area contributed by atoms with Gasteiger partial charge in [0.2, 0.25) is 0 Å². The van der Waals surface area contributed by atoms with Crippen LogP contribution in [0.3, 0.4) is 0 Å². The van der Waals surface area contributed by atoms with Crippen LogP contribution < -0.4 is 0 Å². The predicted molar refractivity (Wildman–Crippen MR) is 99.0 cm³/mol. The van der Waals surface area contributed by atoms with E-state index < -0.39 is 54.4 Å². The monoisotopic (exact) mass is 424 g/mol. The van der Waals surface area contributed by atoms with Crippen molar-refractivity contribution in [2.45, 2.75) is 58.2 Å². The number of benzene rings is 1. The van der Waals surface area contributed by atoms with Gasteiger partial charge in [-0.25, -0.2) is 0 Å². The summed E-state index contributed by atoms with van der Waals surface area (Å²) >= 11 is 0. The Labute approximate surface area is 173 Å². The topological polar surface area (TPSA) is 135 Å². The first-order valence-electron chi connectivity index (χ1n) is 9.18. The quantitative estimate of drug-likeness (QED) is 0.524. The maximum Gasteiger partial charge on any atom is 0.303 e. The molecule has 1 N–H and O–H groups in total. The number of esters is 4. The lowest BCUT2D eigenvalue weighted by Gasteiger charge is -2.44. The molecule has 0 amide bonds. The predicted octanol–water partition coefficient (Wildman–Crippen LogP) is 1.19. The molecular weight excluding hydrogens is 400 g/mol. The molecule has 1 aromatic carbocycles. The molecule has 0 aliphatic carbocycles. The van der Waals surface area contributed by atoms with Crippen molar-refractivity contribution < 1.29 is 48.0 Å². The molecule has 1 saturated heterocycles. The van der Waals surface area contributed by atoms with Gasteiger partial charge in [0.1, 0.15) is 24.6 Å². The molecule has 1 fully saturated rings. The lowest BCUT2D eigenvalue weighted by molar-refractivity contribution is -0.254. The summed E-state index contributed by atoms with van der Waals surface area (Å²) < 4.78 is 27.0. The maximum absolute atomic E-state index is 11.8. The van der Waals surface area contributed by atoms with Gasteiger partial charge in [0.25, 0.3) is 0 Å². The Kier molecular flexibility index (Phi) is 7.76. The molecule has 1 aliphatic heterocycles. The second-order valence-electron chi connectivity index (χ2n) is 6.71. The van der Waals surface area contributed by atoms with Gasteiger partial charge in [0, 0.05) is 27.7 Å². The fraction of sp³-hybridized carbons (Fsp3) is 0.500. The SMILES string of the molecule is CC(=O)OC[C@H]1O[C@H](c2cccc(O)c2)[C@@H](OC(C)=O)[C@@H](OC(C)=O)[C@@H]1OC(C)=O. The van der Waals surface area contributed by atoms with Crippen molar-refractivity contribution in [2.24, 2.45) is 0 Å². The van der Waals surface area contributed by atoms with Crippen LogP contribution in [0.15, 0.2) is 24.3 Å². The summed E-state index contributed by atoms with van der Waals surface area (Å²) in [5.41, 5.74) is 0.410. The van der Waals surface area contributed by atoms with E-state index >= 15 is 0 Å². The van der Waals surface area contributed by atoms with Gasteiger partial charge < -0.3 is 28.8 Å². The molecule has 164 valence electrons. The number of hydrogen-bond acceptors (Lipinski definition) is 10. The van der Waals surface area contributed by atoms with Gasteiger partial charge in [-0.15, -0.1) is 0 Å². The lowest BCUT2D eigenvalue weighted by atomic mass is 9.90. The van der Waals surface area contributed by atoms with Crippen LogP contribution >= 0.6 is 0 Å². The van der Waals surface area contributed by atoms with Crippen LogP contribution in [-0.2, 0) is 42.9 Å². The molecule has 10 heteroatoms. The van der Waals surface area contributed by atoms with Gasteiger partial charge in [-0.1, -0.05) is 12.1 Å². The Bertz CT molecular complexity index is 805. The number of carbonyl (C=O) groups excluding carboxylic acids is 4. The Hall–Kier alpha value is -3.14. The molecule has 5 atom stereocenters. The zero-order chi connectivity index (χ0) is 22.4. The smallest absolute Gasteiger partial charge is 0.303 e. The van der Waals surface area contributed by atoms with Gasteiger partial charge in [-0.05, 0) is 17.7 Å². The second kappa shape index (κ2) is 10.1. The molecule has 1 aliphatic rings. The fourth-order valence-electron chi connectivity index (χ4n) is 3.20. The first-order chi connectivity index (χ1) is 14.1. The van der Waals surface area contributed by atoms with E-state index in [1.807, 2.05) is 0 Å². The molecule has 1 aromatic rings. The summed E-state index contributed by atoms with van der Waals surface area (Å²) in [6.45, 7) is 4.34. The minimum absolute atomic E-state index is 0.0691. The van der Waals surface area contributed by atoms with E-state index in [1.165, 1.54) is 19.1 Å². The van der Waals surface area contributed by atoms with Gasteiger partial charge in [0.15, 0.2) is 18.3 Å². The molecule has 30 heavy (non-hydrogen) atoms. The molecular formula is C20H24O10. The minimum Gasteiger partial charge on any atom is -0.508 e. The van der Waals surface area contributed by atoms with Crippen molar-refractivity contribution in [2.75, 3.05) is 6.61 Å². The van der Waals surface area contributed by atoms with Crippen molar-refractivity contribution in [3.63, 3.8) is 0 Å². The van der Waals surface area contributed by atoms with Crippen molar-refractivity contribution in [3.05, 3.63) is 29.8 Å².